The molecule has 714 valence electrons. The van der Waals surface area contributed by atoms with E-state index >= 15 is 0 Å². The number of piperidine rings is 4. The van der Waals surface area contributed by atoms with Gasteiger partial charge in [0.15, 0.2) is 10.0 Å². The van der Waals surface area contributed by atoms with Crippen LogP contribution in [0.4, 0.5) is 29.1 Å². The number of nitrogens with two attached hydrogens (primary N) is 5. The normalized spacial score (nSPS) is 14.7. The van der Waals surface area contributed by atoms with Crippen LogP contribution in [0.1, 0.15) is 168 Å². The maximum absolute atomic E-state index is 12.6. The number of aryl methyl sites for hydroxylation is 3. The number of amides is 5. The van der Waals surface area contributed by atoms with Crippen molar-refractivity contribution in [1.82, 2.24) is 81.5 Å². The number of carbonyl (C=O) groups is 5. The number of nitrogen functional groups attached to an aromatic ring is 5. The molecule has 0 unspecified atom stereocenters. The Hall–Kier alpha value is -11.2. The number of fused-ring (bicyclic) bond motifs is 5. The largest absolute Gasteiger partial charge is 0.383 e. The number of halogens is 3. The molecule has 4 aliphatic heterocycles. The number of hydrogen-bond donors (Lipinski definition) is 11. The molecule has 15 aromatic rings. The van der Waals surface area contributed by atoms with Gasteiger partial charge in [0.25, 0.3) is 29.5 Å². The second kappa shape index (κ2) is 48.9. The number of rotatable bonds is 26. The molecule has 26 nitrogen and oxygen atoms in total. The van der Waals surface area contributed by atoms with Gasteiger partial charge in [-0.25, -0.2) is 34.9 Å². The number of thiazole rings is 2. The lowest BCUT2D eigenvalue weighted by molar-refractivity contribution is 0.0942. The first-order valence-corrected chi connectivity index (χ1v) is 52.2. The monoisotopic (exact) mass is 2040 g/mol. The zero-order chi connectivity index (χ0) is 95.9. The Morgan fingerprint density at radius 3 is 1.10 bits per heavy atom. The Balaban J connectivity index is 0.000000131. The molecule has 4 fully saturated rings. The summed E-state index contributed by atoms with van der Waals surface area (Å²) in [6.07, 6.45) is 25.9. The first-order valence-electron chi connectivity index (χ1n) is 46.4. The van der Waals surface area contributed by atoms with Gasteiger partial charge in [0.2, 0.25) is 0 Å². The zero-order valence-electron chi connectivity index (χ0n) is 77.1. The van der Waals surface area contributed by atoms with E-state index < -0.39 is 0 Å². The molecule has 4 aliphatic rings. The smallest absolute Gasteiger partial charge is 0.280 e. The second-order valence-corrected chi connectivity index (χ2v) is 42.2. The molecule has 0 radical (unpaired) electrons. The van der Waals surface area contributed by atoms with Crippen LogP contribution >= 0.6 is 95.8 Å². The number of aromatic nitrogens is 7. The van der Waals surface area contributed by atoms with Crippen LogP contribution in [0.2, 0.25) is 10.0 Å². The Labute approximate surface area is 836 Å². The van der Waals surface area contributed by atoms with Gasteiger partial charge in [0.1, 0.15) is 33.7 Å². The minimum Gasteiger partial charge on any atom is -0.383 e. The first-order chi connectivity index (χ1) is 66.4. The van der Waals surface area contributed by atoms with E-state index in [0.717, 1.165) is 184 Å². The van der Waals surface area contributed by atoms with E-state index in [9.17, 15) is 24.0 Å². The Bertz CT molecular complexity index is 6680. The van der Waals surface area contributed by atoms with Crippen molar-refractivity contribution in [2.45, 2.75) is 129 Å². The summed E-state index contributed by atoms with van der Waals surface area (Å²) in [6, 6.07) is 44.9. The topological polar surface area (TPSA) is 388 Å². The summed E-state index contributed by atoms with van der Waals surface area (Å²) < 4.78 is 0.673. The van der Waals surface area contributed by atoms with Crippen LogP contribution in [0.15, 0.2) is 191 Å². The standard InChI is InChI=1S/C23H27ClN4OS.C23H28N4OS.C22H25ClN4OS.C21H25N5OS.C14H11BrN4OS/c1-28-10-7-15(8-11-28)3-5-20-19(24)13-21(30-20)23(29)27-14-16-2-4-18-17(12-16)6-9-26-22(18)25;1-27-10-7-16(8-11-27)2-3-18-13-21(29-15-18)23(28)26-14-17-4-5-20-19(12-17)6-9-25-22(20)24;1-27-8-5-14(6-9-27)11-19-18(23)12-20(29-19)22(28)26-13-15-2-3-17-16(10-15)4-7-25-21(17)24;22-19-18-4-2-15(11-16(18)7-10-24-19)12-25-20(27)21-26-17(13-28-21)3-1-14-5-8-23-9-6-14;15-11-7-21-14(19-11)13(20)18-6-8-1-2-10-9(5-8)3-4-17-12(10)16/h2,4,6,9,12-13,15H,3,5,7-8,10-11,14H2,1H3,(H2,25,26)(H,27,29);4-6,9,12-13,15-16H,2-3,7-8,10-11,14H2,1H3,(H2,24,25)(H,26,28);2-4,7,10,12,14H,5-6,8-9,11,13H2,1H3,(H2,24,25)(H,26,28);2,4,7,10-11,13-14,23H,1,3,5-6,8-9,12H2,(H2,22,24)(H,25,27);1-5,7H,6H2,(H2,16,17)(H,18,20). The minimum absolute atomic E-state index is 0.00474. The molecule has 0 saturated carbocycles. The zero-order valence-corrected chi connectivity index (χ0v) is 84.3. The number of pyridine rings is 5. The fourth-order valence-corrected chi connectivity index (χ4v) is 23.1. The van der Waals surface area contributed by atoms with Gasteiger partial charge >= 0.3 is 0 Å². The van der Waals surface area contributed by atoms with E-state index in [-0.39, 0.29) is 29.5 Å². The van der Waals surface area contributed by atoms with Gasteiger partial charge in [-0.3, -0.25) is 24.0 Å². The molecule has 14 heterocycles. The number of benzene rings is 5. The van der Waals surface area contributed by atoms with E-state index in [4.69, 9.17) is 51.9 Å². The number of anilines is 5. The third-order valence-corrected chi connectivity index (χ3v) is 32.4. The number of thiophene rings is 3. The second-order valence-electron chi connectivity index (χ2n) is 35.6. The number of likely N-dealkylation sites (tertiary alicyclic amines) is 3. The third kappa shape index (κ3) is 28.5. The van der Waals surface area contributed by atoms with Crippen molar-refractivity contribution in [2.24, 2.45) is 23.7 Å². The van der Waals surface area contributed by atoms with Gasteiger partial charge in [-0.2, -0.15) is 0 Å². The SMILES string of the molecule is CN1CCC(CCc2csc(C(=O)NCc3ccc4c(N)nccc4c3)c2)CC1.CN1CCC(CCc2sc(C(=O)NCc3ccc4c(N)nccc4c3)cc2Cl)CC1.CN1CCC(Cc2sc(C(=O)NCc3ccc4c(N)nccc4c3)cc2Cl)CC1.Nc1nccc2cc(CNC(=O)c3nc(Br)cs3)ccc12.Nc1nccc2cc(CNC(=O)c3nc(CCC4CCNCC4)cs3)ccc12. The summed E-state index contributed by atoms with van der Waals surface area (Å²) in [6.45, 7) is 11.6. The van der Waals surface area contributed by atoms with Crippen LogP contribution in [0.3, 0.4) is 0 Å². The molecule has 34 heteroatoms. The van der Waals surface area contributed by atoms with Crippen LogP contribution in [-0.4, -0.2) is 153 Å². The molecular formula is C103H116BrCl2N21O5S5. The fraction of sp³-hybridized carbons (Fsp3) is 0.340. The van der Waals surface area contributed by atoms with Crippen molar-refractivity contribution in [1.29, 1.82) is 0 Å². The van der Waals surface area contributed by atoms with Crippen molar-refractivity contribution in [3.8, 4) is 0 Å². The van der Waals surface area contributed by atoms with Crippen LogP contribution < -0.4 is 60.6 Å². The Morgan fingerprint density at radius 2 is 0.708 bits per heavy atom. The quantitative estimate of drug-likeness (QED) is 0.0240. The molecule has 10 aromatic heterocycles. The molecule has 5 aromatic carbocycles. The molecule has 137 heavy (non-hydrogen) atoms. The Morgan fingerprint density at radius 1 is 0.372 bits per heavy atom. The van der Waals surface area contributed by atoms with Crippen molar-refractivity contribution < 1.29 is 24.0 Å². The predicted octanol–water partition coefficient (Wildman–Crippen LogP) is 19.3. The van der Waals surface area contributed by atoms with Crippen molar-refractivity contribution in [2.75, 3.05) is 102 Å². The van der Waals surface area contributed by atoms with E-state index in [1.165, 1.54) is 146 Å². The highest BCUT2D eigenvalue weighted by Crippen LogP contribution is 2.36. The summed E-state index contributed by atoms with van der Waals surface area (Å²) in [5, 5.41) is 36.3. The van der Waals surface area contributed by atoms with Gasteiger partial charge < -0.3 is 75.3 Å². The van der Waals surface area contributed by atoms with Crippen LogP contribution in [0, 0.1) is 23.7 Å². The van der Waals surface area contributed by atoms with Crippen molar-refractivity contribution >= 4 is 208 Å². The highest BCUT2D eigenvalue weighted by molar-refractivity contribution is 9.10. The van der Waals surface area contributed by atoms with E-state index in [0.29, 0.717) is 102 Å². The van der Waals surface area contributed by atoms with Crippen LogP contribution in [-0.2, 0) is 58.4 Å². The lowest BCUT2D eigenvalue weighted by atomic mass is 9.91. The molecule has 0 bridgehead atoms. The summed E-state index contributed by atoms with van der Waals surface area (Å²) in [4.78, 5) is 103. The highest BCUT2D eigenvalue weighted by Gasteiger charge is 2.26. The molecule has 0 aliphatic carbocycles. The lowest BCUT2D eigenvalue weighted by Crippen LogP contribution is -2.30. The Kier molecular flexibility index (Phi) is 35.7. The number of nitrogens with zero attached hydrogens (tertiary/aromatic N) is 10. The molecular weight excluding hydrogens is 1920 g/mol. The molecule has 19 rings (SSSR count). The summed E-state index contributed by atoms with van der Waals surface area (Å²) in [5.41, 5.74) is 36.8. The molecule has 0 atom stereocenters. The van der Waals surface area contributed by atoms with Gasteiger partial charge in [-0.15, -0.1) is 56.7 Å². The van der Waals surface area contributed by atoms with Gasteiger partial charge in [0, 0.05) is 111 Å². The van der Waals surface area contributed by atoms with E-state index in [1.54, 1.807) is 48.5 Å². The molecule has 5 amide bonds. The van der Waals surface area contributed by atoms with E-state index in [2.05, 4.69) is 136 Å². The number of hydrogen-bond acceptors (Lipinski definition) is 26. The van der Waals surface area contributed by atoms with Crippen molar-refractivity contribution in [3.63, 3.8) is 0 Å². The summed E-state index contributed by atoms with van der Waals surface area (Å²) in [7, 11) is 6.55. The molecule has 4 saturated heterocycles. The average molecular weight is 2040 g/mol. The third-order valence-electron chi connectivity index (χ3n) is 25.7. The van der Waals surface area contributed by atoms with E-state index in [1.807, 2.05) is 121 Å². The summed E-state index contributed by atoms with van der Waals surface area (Å²) in [5.74, 6) is 5.13. The lowest BCUT2D eigenvalue weighted by Gasteiger charge is -2.28. The number of nitrogens with one attached hydrogen (secondary N) is 6. The average Bonchev–Trinajstić information content (AvgIpc) is 1.80. The van der Waals surface area contributed by atoms with Crippen LogP contribution in [0.25, 0.3) is 53.9 Å². The van der Waals surface area contributed by atoms with Gasteiger partial charge in [-0.1, -0.05) is 83.9 Å². The van der Waals surface area contributed by atoms with Crippen molar-refractivity contribution in [3.05, 3.63) is 275 Å². The molecule has 0 spiro atoms. The number of carbonyl (C=O) groups excluding carboxylic acids is 5. The van der Waals surface area contributed by atoms with Gasteiger partial charge in [0.05, 0.1) is 30.4 Å². The fourth-order valence-electron chi connectivity index (χ4n) is 17.4. The van der Waals surface area contributed by atoms with Crippen LogP contribution in [0.5, 0.6) is 0 Å². The minimum atomic E-state index is -0.181. The van der Waals surface area contributed by atoms with Gasteiger partial charge in [-0.05, 0) is 354 Å². The predicted molar refractivity (Wildman–Crippen MR) is 566 cm³/mol. The maximum Gasteiger partial charge on any atom is 0.280 e. The molecule has 16 N–H and O–H groups in total. The summed E-state index contributed by atoms with van der Waals surface area (Å²) >= 11 is 23.4. The highest BCUT2D eigenvalue weighted by atomic mass is 79.9. The first kappa shape index (κ1) is 100. The maximum atomic E-state index is 12.6.